The molecule has 21 heavy (non-hydrogen) atoms. The topological polar surface area (TPSA) is 111 Å². The molecule has 0 aliphatic carbocycles. The van der Waals surface area contributed by atoms with Gasteiger partial charge in [-0.05, 0) is 38.6 Å². The first kappa shape index (κ1) is 15.7. The molecule has 1 aliphatic heterocycles. The van der Waals surface area contributed by atoms with Gasteiger partial charge in [0.05, 0.1) is 9.82 Å². The summed E-state index contributed by atoms with van der Waals surface area (Å²) in [5.41, 5.74) is -0.357. The molecule has 1 fully saturated rings. The number of nitrogens with zero attached hydrogens (tertiary/aromatic N) is 1. The van der Waals surface area contributed by atoms with Crippen LogP contribution in [0.4, 0.5) is 5.69 Å². The fraction of sp³-hybridized carbons (Fsp3) is 0.500. The summed E-state index contributed by atoms with van der Waals surface area (Å²) >= 11 is 0. The lowest BCUT2D eigenvalue weighted by molar-refractivity contribution is -0.386. The van der Waals surface area contributed by atoms with Crippen LogP contribution >= 0.6 is 0 Å². The molecule has 1 unspecified atom stereocenters. The van der Waals surface area contributed by atoms with E-state index < -0.39 is 14.9 Å². The molecule has 0 spiro atoms. The second kappa shape index (κ2) is 6.37. The molecule has 0 amide bonds. The molecular formula is C12H17N3O5S. The first-order chi connectivity index (χ1) is 9.94. The van der Waals surface area contributed by atoms with Crippen LogP contribution in [0, 0.1) is 10.1 Å². The molecule has 1 heterocycles. The SMILES string of the molecule is CNS(=O)(=O)c1ccc(OCC2CCCN2)c([N+](=O)[O-])c1. The van der Waals surface area contributed by atoms with Gasteiger partial charge in [0, 0.05) is 12.1 Å². The zero-order valence-electron chi connectivity index (χ0n) is 11.5. The Hall–Kier alpha value is -1.71. The molecule has 2 N–H and O–H groups in total. The van der Waals surface area contributed by atoms with Gasteiger partial charge in [-0.3, -0.25) is 10.1 Å². The molecule has 0 radical (unpaired) electrons. The van der Waals surface area contributed by atoms with E-state index in [1.165, 1.54) is 19.2 Å². The van der Waals surface area contributed by atoms with Gasteiger partial charge >= 0.3 is 5.69 Å². The fourth-order valence-corrected chi connectivity index (χ4v) is 2.89. The van der Waals surface area contributed by atoms with Crippen molar-refractivity contribution >= 4 is 15.7 Å². The maximum Gasteiger partial charge on any atom is 0.312 e. The lowest BCUT2D eigenvalue weighted by Gasteiger charge is -2.12. The van der Waals surface area contributed by atoms with Crippen molar-refractivity contribution in [3.63, 3.8) is 0 Å². The van der Waals surface area contributed by atoms with Gasteiger partial charge < -0.3 is 10.1 Å². The minimum absolute atomic E-state index is 0.0729. The van der Waals surface area contributed by atoms with Gasteiger partial charge in [0.1, 0.15) is 6.61 Å². The van der Waals surface area contributed by atoms with Gasteiger partial charge in [-0.15, -0.1) is 0 Å². The highest BCUT2D eigenvalue weighted by molar-refractivity contribution is 7.89. The first-order valence-corrected chi connectivity index (χ1v) is 8.00. The Kier molecular flexibility index (Phi) is 4.76. The van der Waals surface area contributed by atoms with Crippen LogP contribution in [-0.2, 0) is 10.0 Å². The maximum atomic E-state index is 11.7. The number of sulfonamides is 1. The summed E-state index contributed by atoms with van der Waals surface area (Å²) in [7, 11) is -2.48. The van der Waals surface area contributed by atoms with Crippen LogP contribution in [0.5, 0.6) is 5.75 Å². The Bertz CT molecular complexity index is 626. The molecule has 2 rings (SSSR count). The lowest BCUT2D eigenvalue weighted by Crippen LogP contribution is -2.28. The summed E-state index contributed by atoms with van der Waals surface area (Å²) in [5.74, 6) is 0.0729. The molecule has 8 nitrogen and oxygen atoms in total. The van der Waals surface area contributed by atoms with Crippen molar-refractivity contribution in [1.29, 1.82) is 0 Å². The number of nitro benzene ring substituents is 1. The molecule has 9 heteroatoms. The van der Waals surface area contributed by atoms with E-state index in [2.05, 4.69) is 10.0 Å². The van der Waals surface area contributed by atoms with Crippen molar-refractivity contribution in [2.45, 2.75) is 23.8 Å². The molecule has 1 aliphatic rings. The van der Waals surface area contributed by atoms with Gasteiger partial charge in [0.15, 0.2) is 5.75 Å². The Morgan fingerprint density at radius 1 is 1.52 bits per heavy atom. The summed E-state index contributed by atoms with van der Waals surface area (Å²) in [6, 6.07) is 3.78. The Morgan fingerprint density at radius 3 is 2.86 bits per heavy atom. The predicted octanol–water partition coefficient (Wildman–Crippen LogP) is 0.634. The monoisotopic (exact) mass is 315 g/mol. The molecule has 116 valence electrons. The van der Waals surface area contributed by atoms with Crippen LogP contribution in [0.1, 0.15) is 12.8 Å². The van der Waals surface area contributed by atoms with E-state index >= 15 is 0 Å². The van der Waals surface area contributed by atoms with Crippen LogP contribution in [0.25, 0.3) is 0 Å². The second-order valence-corrected chi connectivity index (χ2v) is 6.59. The average molecular weight is 315 g/mol. The zero-order chi connectivity index (χ0) is 15.5. The van der Waals surface area contributed by atoms with Crippen molar-refractivity contribution in [2.75, 3.05) is 20.2 Å². The fourth-order valence-electron chi connectivity index (χ4n) is 2.14. The molecule has 0 aromatic heterocycles. The number of benzene rings is 1. The maximum absolute atomic E-state index is 11.7. The number of ether oxygens (including phenoxy) is 1. The van der Waals surface area contributed by atoms with Crippen LogP contribution in [0.3, 0.4) is 0 Å². The number of nitro groups is 1. The van der Waals surface area contributed by atoms with Crippen molar-refractivity contribution in [2.24, 2.45) is 0 Å². The number of hydrogen-bond donors (Lipinski definition) is 2. The third-order valence-corrected chi connectivity index (χ3v) is 4.72. The normalized spacial score (nSPS) is 18.6. The van der Waals surface area contributed by atoms with E-state index in [1.54, 1.807) is 0 Å². The minimum Gasteiger partial charge on any atom is -0.485 e. The van der Waals surface area contributed by atoms with Gasteiger partial charge in [-0.1, -0.05) is 0 Å². The highest BCUT2D eigenvalue weighted by Crippen LogP contribution is 2.30. The van der Waals surface area contributed by atoms with E-state index in [-0.39, 0.29) is 22.4 Å². The first-order valence-electron chi connectivity index (χ1n) is 6.52. The minimum atomic E-state index is -3.72. The van der Waals surface area contributed by atoms with Crippen LogP contribution in [-0.4, -0.2) is 39.6 Å². The Labute approximate surface area is 122 Å². The van der Waals surface area contributed by atoms with Crippen molar-refractivity contribution in [3.05, 3.63) is 28.3 Å². The van der Waals surface area contributed by atoms with E-state index in [1.807, 2.05) is 0 Å². The summed E-state index contributed by atoms with van der Waals surface area (Å²) in [5, 5.41) is 14.3. The number of rotatable bonds is 6. The summed E-state index contributed by atoms with van der Waals surface area (Å²) in [4.78, 5) is 10.3. The van der Waals surface area contributed by atoms with Gasteiger partial charge in [-0.2, -0.15) is 0 Å². The van der Waals surface area contributed by atoms with E-state index in [0.29, 0.717) is 6.61 Å². The molecule has 1 atom stereocenters. The van der Waals surface area contributed by atoms with Gasteiger partial charge in [0.2, 0.25) is 10.0 Å². The van der Waals surface area contributed by atoms with Crippen LogP contribution in [0.15, 0.2) is 23.1 Å². The van der Waals surface area contributed by atoms with E-state index in [0.717, 1.165) is 25.5 Å². The van der Waals surface area contributed by atoms with Crippen molar-refractivity contribution in [3.8, 4) is 5.75 Å². The summed E-state index contributed by atoms with van der Waals surface area (Å²) in [6.07, 6.45) is 2.01. The standard InChI is InChI=1S/C12H17N3O5S/c1-13-21(18,19)10-4-5-12(11(7-10)15(16)17)20-8-9-3-2-6-14-9/h4-5,7,9,13-14H,2-3,6,8H2,1H3. The highest BCUT2D eigenvalue weighted by Gasteiger charge is 2.22. The smallest absolute Gasteiger partial charge is 0.312 e. The third kappa shape index (κ3) is 3.69. The molecule has 1 aromatic carbocycles. The molecular weight excluding hydrogens is 298 g/mol. The highest BCUT2D eigenvalue weighted by atomic mass is 32.2. The average Bonchev–Trinajstić information content (AvgIpc) is 2.98. The quantitative estimate of drug-likeness (QED) is 0.588. The third-order valence-electron chi connectivity index (χ3n) is 3.31. The molecule has 0 bridgehead atoms. The zero-order valence-corrected chi connectivity index (χ0v) is 12.4. The summed E-state index contributed by atoms with van der Waals surface area (Å²) in [6.45, 7) is 1.23. The molecule has 0 saturated carbocycles. The van der Waals surface area contributed by atoms with Crippen LogP contribution in [0.2, 0.25) is 0 Å². The predicted molar refractivity (Wildman–Crippen MR) is 75.9 cm³/mol. The number of nitrogens with one attached hydrogen (secondary N) is 2. The van der Waals surface area contributed by atoms with Gasteiger partial charge in [-0.25, -0.2) is 13.1 Å². The van der Waals surface area contributed by atoms with Gasteiger partial charge in [0.25, 0.3) is 0 Å². The Morgan fingerprint density at radius 2 is 2.29 bits per heavy atom. The van der Waals surface area contributed by atoms with Crippen molar-refractivity contribution < 1.29 is 18.1 Å². The largest absolute Gasteiger partial charge is 0.485 e. The van der Waals surface area contributed by atoms with Crippen LogP contribution < -0.4 is 14.8 Å². The molecule has 1 saturated heterocycles. The van der Waals surface area contributed by atoms with E-state index in [9.17, 15) is 18.5 Å². The summed E-state index contributed by atoms with van der Waals surface area (Å²) < 4.78 is 30.9. The lowest BCUT2D eigenvalue weighted by atomic mass is 10.2. The number of hydrogen-bond acceptors (Lipinski definition) is 6. The molecule has 1 aromatic rings. The van der Waals surface area contributed by atoms with Crippen molar-refractivity contribution in [1.82, 2.24) is 10.0 Å². The Balaban J connectivity index is 2.22. The van der Waals surface area contributed by atoms with E-state index in [4.69, 9.17) is 4.74 Å². The second-order valence-electron chi connectivity index (χ2n) is 4.70.